The lowest BCUT2D eigenvalue weighted by molar-refractivity contribution is 0.0820. The second-order valence-electron chi connectivity index (χ2n) is 9.10. The van der Waals surface area contributed by atoms with Crippen LogP contribution in [0.5, 0.6) is 0 Å². The molecule has 0 aliphatic heterocycles. The zero-order valence-corrected chi connectivity index (χ0v) is 18.3. The first-order valence-corrected chi connectivity index (χ1v) is 11.3. The van der Waals surface area contributed by atoms with Crippen molar-refractivity contribution in [1.82, 2.24) is 20.0 Å². The van der Waals surface area contributed by atoms with Crippen LogP contribution in [-0.4, -0.2) is 46.8 Å². The predicted octanol–water partition coefficient (Wildman–Crippen LogP) is 3.25. The molecular weight excluding hydrogens is 384 g/mol. The summed E-state index contributed by atoms with van der Waals surface area (Å²) in [5.41, 5.74) is 7.12. The molecule has 0 spiro atoms. The van der Waals surface area contributed by atoms with Gasteiger partial charge >= 0.3 is 0 Å². The average molecular weight is 415 g/mol. The summed E-state index contributed by atoms with van der Waals surface area (Å²) in [5.74, 6) is -0.00279. The largest absolute Gasteiger partial charge is 0.343 e. The molecule has 5 rings (SSSR count). The summed E-state index contributed by atoms with van der Waals surface area (Å²) < 4.78 is 2.06. The van der Waals surface area contributed by atoms with E-state index < -0.39 is 0 Å². The quantitative estimate of drug-likeness (QED) is 0.697. The Morgan fingerprint density at radius 3 is 2.35 bits per heavy atom. The molecule has 5 nitrogen and oxygen atoms in total. The maximum Gasteiger partial charge on any atom is 0.274 e. The second-order valence-corrected chi connectivity index (χ2v) is 9.10. The lowest BCUT2D eigenvalue weighted by Gasteiger charge is -2.27. The van der Waals surface area contributed by atoms with Crippen LogP contribution < -0.4 is 5.32 Å². The van der Waals surface area contributed by atoms with Gasteiger partial charge < -0.3 is 10.2 Å². The van der Waals surface area contributed by atoms with Crippen molar-refractivity contribution >= 4 is 5.91 Å². The third kappa shape index (κ3) is 4.02. The minimum Gasteiger partial charge on any atom is -0.343 e. The Labute approximate surface area is 184 Å². The summed E-state index contributed by atoms with van der Waals surface area (Å²) in [6.07, 6.45) is 5.08. The van der Waals surface area contributed by atoms with Crippen LogP contribution in [0.25, 0.3) is 0 Å². The van der Waals surface area contributed by atoms with E-state index in [2.05, 4.69) is 58.5 Å². The number of rotatable bonds is 5. The standard InChI is InChI=1S/C26H30N4O/c1-29(2)26(31)25-23-16-21(27-22-14-19-10-6-7-11-20(19)15-22)12-13-24(23)30(28-25)17-18-8-4-3-5-9-18/h3-11,21-22,27H,12-17H2,1-2H3/t21-/m1/s1. The van der Waals surface area contributed by atoms with E-state index in [4.69, 9.17) is 5.10 Å². The van der Waals surface area contributed by atoms with Crippen molar-refractivity contribution in [2.45, 2.75) is 50.7 Å². The molecule has 2 aliphatic carbocycles. The van der Waals surface area contributed by atoms with Gasteiger partial charge in [0.25, 0.3) is 5.91 Å². The molecular formula is C26H30N4O. The summed E-state index contributed by atoms with van der Waals surface area (Å²) >= 11 is 0. The number of hydrogen-bond donors (Lipinski definition) is 1. The Bertz CT molecular complexity index is 1060. The molecule has 2 aliphatic rings. The monoisotopic (exact) mass is 414 g/mol. The molecule has 0 radical (unpaired) electrons. The van der Waals surface area contributed by atoms with E-state index in [-0.39, 0.29) is 5.91 Å². The predicted molar refractivity (Wildman–Crippen MR) is 122 cm³/mol. The zero-order valence-electron chi connectivity index (χ0n) is 18.3. The van der Waals surface area contributed by atoms with Crippen LogP contribution in [0.3, 0.4) is 0 Å². The lowest BCUT2D eigenvalue weighted by Crippen LogP contribution is -2.42. The molecule has 0 saturated carbocycles. The Morgan fingerprint density at radius 1 is 1.00 bits per heavy atom. The van der Waals surface area contributed by atoms with Crippen LogP contribution in [0.1, 0.15) is 44.9 Å². The molecule has 2 aromatic carbocycles. The molecule has 160 valence electrons. The van der Waals surface area contributed by atoms with Crippen molar-refractivity contribution in [2.24, 2.45) is 0 Å². The third-order valence-electron chi connectivity index (χ3n) is 6.65. The Morgan fingerprint density at radius 2 is 1.68 bits per heavy atom. The number of fused-ring (bicyclic) bond motifs is 2. The molecule has 1 amide bonds. The van der Waals surface area contributed by atoms with Crippen molar-refractivity contribution in [2.75, 3.05) is 14.1 Å². The Kier molecular flexibility index (Phi) is 5.36. The summed E-state index contributed by atoms with van der Waals surface area (Å²) in [6.45, 7) is 0.708. The number of nitrogens with zero attached hydrogens (tertiary/aromatic N) is 3. The van der Waals surface area contributed by atoms with Gasteiger partial charge in [0.2, 0.25) is 0 Å². The highest BCUT2D eigenvalue weighted by Crippen LogP contribution is 2.28. The lowest BCUT2D eigenvalue weighted by atomic mass is 9.90. The van der Waals surface area contributed by atoms with Crippen molar-refractivity contribution in [3.63, 3.8) is 0 Å². The number of benzene rings is 2. The maximum atomic E-state index is 12.9. The van der Waals surface area contributed by atoms with Crippen molar-refractivity contribution in [3.8, 4) is 0 Å². The van der Waals surface area contributed by atoms with Gasteiger partial charge in [-0.2, -0.15) is 5.10 Å². The number of carbonyl (C=O) groups excluding carboxylic acids is 1. The normalized spacial score (nSPS) is 17.9. The number of nitrogens with one attached hydrogen (secondary N) is 1. The van der Waals surface area contributed by atoms with E-state index in [9.17, 15) is 4.79 Å². The summed E-state index contributed by atoms with van der Waals surface area (Å²) in [4.78, 5) is 14.6. The van der Waals surface area contributed by atoms with E-state index in [1.165, 1.54) is 22.4 Å². The van der Waals surface area contributed by atoms with Crippen LogP contribution in [0.4, 0.5) is 0 Å². The van der Waals surface area contributed by atoms with E-state index in [1.54, 1.807) is 19.0 Å². The first kappa shape index (κ1) is 20.0. The van der Waals surface area contributed by atoms with E-state index in [1.807, 2.05) is 6.07 Å². The first-order chi connectivity index (χ1) is 15.1. The fourth-order valence-electron chi connectivity index (χ4n) is 5.11. The molecule has 0 unspecified atom stereocenters. The van der Waals surface area contributed by atoms with Gasteiger partial charge in [0.1, 0.15) is 0 Å². The molecule has 0 bridgehead atoms. The van der Waals surface area contributed by atoms with Crippen molar-refractivity contribution in [3.05, 3.63) is 88.2 Å². The summed E-state index contributed by atoms with van der Waals surface area (Å²) in [7, 11) is 3.61. The van der Waals surface area contributed by atoms with Crippen LogP contribution in [-0.2, 0) is 32.2 Å². The molecule has 0 fully saturated rings. The first-order valence-electron chi connectivity index (χ1n) is 11.3. The maximum absolute atomic E-state index is 12.9. The van der Waals surface area contributed by atoms with Gasteiger partial charge in [-0.15, -0.1) is 0 Å². The molecule has 1 atom stereocenters. The van der Waals surface area contributed by atoms with Crippen LogP contribution in [0, 0.1) is 0 Å². The van der Waals surface area contributed by atoms with Gasteiger partial charge in [-0.25, -0.2) is 0 Å². The van der Waals surface area contributed by atoms with Crippen LogP contribution in [0.15, 0.2) is 54.6 Å². The topological polar surface area (TPSA) is 50.2 Å². The number of aromatic nitrogens is 2. The minimum absolute atomic E-state index is 0.00279. The second kappa shape index (κ2) is 8.31. The van der Waals surface area contributed by atoms with Crippen LogP contribution >= 0.6 is 0 Å². The Hall–Kier alpha value is -2.92. The van der Waals surface area contributed by atoms with Gasteiger partial charge in [-0.05, 0) is 48.8 Å². The van der Waals surface area contributed by atoms with Gasteiger partial charge in [-0.1, -0.05) is 54.6 Å². The summed E-state index contributed by atoms with van der Waals surface area (Å²) in [5, 5.41) is 8.70. The molecule has 3 aromatic rings. The Balaban J connectivity index is 1.37. The summed E-state index contributed by atoms with van der Waals surface area (Å²) in [6, 6.07) is 20.0. The number of hydrogen-bond acceptors (Lipinski definition) is 3. The SMILES string of the molecule is CN(C)C(=O)c1nn(Cc2ccccc2)c2c1C[C@H](NC1Cc3ccccc3C1)CC2. The van der Waals surface area contributed by atoms with Crippen molar-refractivity contribution in [1.29, 1.82) is 0 Å². The van der Waals surface area contributed by atoms with Gasteiger partial charge in [-0.3, -0.25) is 9.48 Å². The van der Waals surface area contributed by atoms with Gasteiger partial charge in [0.15, 0.2) is 5.69 Å². The third-order valence-corrected chi connectivity index (χ3v) is 6.65. The molecule has 5 heteroatoms. The number of amides is 1. The fraction of sp³-hybridized carbons (Fsp3) is 0.385. The van der Waals surface area contributed by atoms with E-state index in [0.717, 1.165) is 37.7 Å². The molecule has 1 heterocycles. The van der Waals surface area contributed by atoms with E-state index in [0.29, 0.717) is 24.3 Å². The average Bonchev–Trinajstić information content (AvgIpc) is 3.34. The van der Waals surface area contributed by atoms with Gasteiger partial charge in [0, 0.05) is 37.4 Å². The highest BCUT2D eigenvalue weighted by molar-refractivity contribution is 5.93. The zero-order chi connectivity index (χ0) is 21.4. The smallest absolute Gasteiger partial charge is 0.274 e. The van der Waals surface area contributed by atoms with Crippen LogP contribution in [0.2, 0.25) is 0 Å². The van der Waals surface area contributed by atoms with Crippen molar-refractivity contribution < 1.29 is 4.79 Å². The number of carbonyl (C=O) groups is 1. The molecule has 0 saturated heterocycles. The molecule has 31 heavy (non-hydrogen) atoms. The molecule has 1 aromatic heterocycles. The molecule has 1 N–H and O–H groups in total. The highest BCUT2D eigenvalue weighted by Gasteiger charge is 2.32. The highest BCUT2D eigenvalue weighted by atomic mass is 16.2. The minimum atomic E-state index is -0.00279. The fourth-order valence-corrected chi connectivity index (χ4v) is 5.11. The van der Waals surface area contributed by atoms with E-state index >= 15 is 0 Å². The van der Waals surface area contributed by atoms with Gasteiger partial charge in [0.05, 0.1) is 6.54 Å².